The van der Waals surface area contributed by atoms with Gasteiger partial charge in [-0.2, -0.15) is 4.31 Å². The number of ether oxygens (including phenoxy) is 1. The molecule has 1 N–H and O–H groups in total. The zero-order valence-electron chi connectivity index (χ0n) is 12.4. The Morgan fingerprint density at radius 2 is 2.18 bits per heavy atom. The first-order valence-corrected chi connectivity index (χ1v) is 9.53. The van der Waals surface area contributed by atoms with Crippen molar-refractivity contribution in [2.24, 2.45) is 0 Å². The maximum atomic E-state index is 12.1. The first-order chi connectivity index (χ1) is 10.5. The Bertz CT molecular complexity index is 617. The Hall–Kier alpha value is -1.22. The molecule has 0 radical (unpaired) electrons. The van der Waals surface area contributed by atoms with Crippen LogP contribution < -0.4 is 5.32 Å². The van der Waals surface area contributed by atoms with Gasteiger partial charge >= 0.3 is 0 Å². The van der Waals surface area contributed by atoms with Crippen LogP contribution in [0.1, 0.15) is 11.8 Å². The summed E-state index contributed by atoms with van der Waals surface area (Å²) in [4.78, 5) is 12.9. The number of sulfonamides is 1. The van der Waals surface area contributed by atoms with Crippen molar-refractivity contribution in [3.8, 4) is 0 Å². The minimum absolute atomic E-state index is 0.0922. The molecule has 0 aliphatic carbocycles. The first-order valence-electron chi connectivity index (χ1n) is 7.04. The van der Waals surface area contributed by atoms with Crippen molar-refractivity contribution in [2.45, 2.75) is 6.92 Å². The molecule has 22 heavy (non-hydrogen) atoms. The number of hydrogen-bond acceptors (Lipinski definition) is 5. The fraction of sp³-hybridized carbons (Fsp3) is 0.500. The van der Waals surface area contributed by atoms with Crippen LogP contribution in [0, 0.1) is 0 Å². The normalized spacial score (nSPS) is 17.4. The summed E-state index contributed by atoms with van der Waals surface area (Å²) in [7, 11) is -3.33. The molecule has 1 aliphatic heterocycles. The van der Waals surface area contributed by atoms with E-state index in [1.807, 2.05) is 17.5 Å². The summed E-state index contributed by atoms with van der Waals surface area (Å²) in [5.74, 6) is -0.337. The van der Waals surface area contributed by atoms with Crippen molar-refractivity contribution in [3.05, 3.63) is 28.0 Å². The van der Waals surface area contributed by atoms with Gasteiger partial charge in [0, 0.05) is 30.1 Å². The number of carbonyl (C=O) groups excluding carboxylic acids is 1. The molecule has 8 heteroatoms. The Kier molecular flexibility index (Phi) is 6.13. The molecule has 0 unspecified atom stereocenters. The molecule has 2 heterocycles. The largest absolute Gasteiger partial charge is 0.379 e. The highest BCUT2D eigenvalue weighted by Crippen LogP contribution is 2.13. The molecule has 1 amide bonds. The van der Waals surface area contributed by atoms with Crippen LogP contribution in [0.25, 0.3) is 6.08 Å². The number of hydrogen-bond donors (Lipinski definition) is 1. The van der Waals surface area contributed by atoms with Crippen molar-refractivity contribution in [3.63, 3.8) is 0 Å². The van der Waals surface area contributed by atoms with Crippen LogP contribution in [0.15, 0.2) is 23.1 Å². The van der Waals surface area contributed by atoms with E-state index in [1.54, 1.807) is 24.3 Å². The Morgan fingerprint density at radius 3 is 2.82 bits per heavy atom. The number of amides is 1. The fourth-order valence-electron chi connectivity index (χ4n) is 2.04. The van der Waals surface area contributed by atoms with E-state index in [9.17, 15) is 13.2 Å². The van der Waals surface area contributed by atoms with E-state index in [0.717, 1.165) is 4.88 Å². The minimum atomic E-state index is -3.33. The van der Waals surface area contributed by atoms with Crippen LogP contribution in [-0.4, -0.2) is 57.2 Å². The maximum Gasteiger partial charge on any atom is 0.246 e. The molecule has 0 atom stereocenters. The summed E-state index contributed by atoms with van der Waals surface area (Å²) in [6.07, 6.45) is 1.79. The molecule has 6 nitrogen and oxygen atoms in total. The Balaban J connectivity index is 1.81. The quantitative estimate of drug-likeness (QED) is 0.779. The lowest BCUT2D eigenvalue weighted by Gasteiger charge is -2.26. The van der Waals surface area contributed by atoms with Crippen LogP contribution in [0.3, 0.4) is 0 Å². The number of nitrogens with one attached hydrogen (secondary N) is 1. The highest BCUT2D eigenvalue weighted by Gasteiger charge is 2.23. The van der Waals surface area contributed by atoms with Crippen LogP contribution in [0.4, 0.5) is 0 Å². The second-order valence-electron chi connectivity index (χ2n) is 4.93. The molecule has 1 fully saturated rings. The summed E-state index contributed by atoms with van der Waals surface area (Å²) >= 11 is 1.54. The molecule has 1 saturated heterocycles. The molecule has 1 aromatic rings. The molecular weight excluding hydrogens is 324 g/mol. The third-order valence-electron chi connectivity index (χ3n) is 3.27. The lowest BCUT2D eigenvalue weighted by molar-refractivity contribution is -0.117. The number of thiophene rings is 1. The second kappa shape index (κ2) is 7.87. The van der Waals surface area contributed by atoms with Crippen LogP contribution in [0.5, 0.6) is 0 Å². The van der Waals surface area contributed by atoms with Crippen molar-refractivity contribution in [1.29, 1.82) is 0 Å². The predicted octanol–water partition coefficient (Wildman–Crippen LogP) is 0.930. The molecule has 0 spiro atoms. The number of nitrogens with zero attached hydrogens (tertiary/aromatic N) is 1. The third kappa shape index (κ3) is 4.91. The first kappa shape index (κ1) is 17.1. The second-order valence-corrected chi connectivity index (χ2v) is 7.99. The van der Waals surface area contributed by atoms with Gasteiger partial charge in [-0.1, -0.05) is 6.07 Å². The van der Waals surface area contributed by atoms with Gasteiger partial charge < -0.3 is 10.1 Å². The average molecular weight is 344 g/mol. The highest BCUT2D eigenvalue weighted by atomic mass is 32.2. The van der Waals surface area contributed by atoms with Crippen molar-refractivity contribution < 1.29 is 17.9 Å². The van der Waals surface area contributed by atoms with Gasteiger partial charge in [-0.25, -0.2) is 8.42 Å². The Morgan fingerprint density at radius 1 is 1.45 bits per heavy atom. The molecule has 0 aromatic carbocycles. The fourth-order valence-corrected chi connectivity index (χ4v) is 4.08. The van der Waals surface area contributed by atoms with Gasteiger partial charge in [-0.15, -0.1) is 11.3 Å². The smallest absolute Gasteiger partial charge is 0.246 e. The standard InChI is InChI=1S/C14H20N2O4S2/c1-12(11-13-3-2-9-21-13)14(17)15-4-10-22(18,19)16-5-7-20-8-6-16/h2-3,9,11H,4-8,10H2,1H3,(H,15,17)/b12-11+. The van der Waals surface area contributed by atoms with Crippen molar-refractivity contribution in [1.82, 2.24) is 9.62 Å². The molecule has 2 rings (SSSR count). The van der Waals surface area contributed by atoms with Gasteiger partial charge in [-0.3, -0.25) is 4.79 Å². The number of carbonyl (C=O) groups is 1. The number of rotatable bonds is 6. The SMILES string of the molecule is C/C(=C\c1cccs1)C(=O)NCCS(=O)(=O)N1CCOCC1. The van der Waals surface area contributed by atoms with E-state index >= 15 is 0 Å². The lowest BCUT2D eigenvalue weighted by atomic mass is 10.2. The van der Waals surface area contributed by atoms with Gasteiger partial charge in [0.25, 0.3) is 0 Å². The van der Waals surface area contributed by atoms with Gasteiger partial charge in [0.15, 0.2) is 0 Å². The van der Waals surface area contributed by atoms with Crippen molar-refractivity contribution >= 4 is 33.3 Å². The zero-order valence-corrected chi connectivity index (χ0v) is 14.1. The van der Waals surface area contributed by atoms with E-state index in [-0.39, 0.29) is 18.2 Å². The highest BCUT2D eigenvalue weighted by molar-refractivity contribution is 7.89. The maximum absolute atomic E-state index is 12.1. The predicted molar refractivity (Wildman–Crippen MR) is 87.2 cm³/mol. The summed E-state index contributed by atoms with van der Waals surface area (Å²) in [5, 5.41) is 4.59. The van der Waals surface area contributed by atoms with E-state index in [4.69, 9.17) is 4.74 Å². The third-order valence-corrected chi connectivity index (χ3v) is 5.96. The van der Waals surface area contributed by atoms with E-state index in [1.165, 1.54) is 4.31 Å². The summed E-state index contributed by atoms with van der Waals surface area (Å²) < 4.78 is 30.7. The number of morpholine rings is 1. The van der Waals surface area contributed by atoms with Crippen LogP contribution in [-0.2, 0) is 19.6 Å². The van der Waals surface area contributed by atoms with Crippen LogP contribution >= 0.6 is 11.3 Å². The average Bonchev–Trinajstić information content (AvgIpc) is 3.00. The topological polar surface area (TPSA) is 75.7 Å². The van der Waals surface area contributed by atoms with Gasteiger partial charge in [0.1, 0.15) is 0 Å². The summed E-state index contributed by atoms with van der Waals surface area (Å²) in [6, 6.07) is 3.83. The van der Waals surface area contributed by atoms with Crippen molar-refractivity contribution in [2.75, 3.05) is 38.6 Å². The lowest BCUT2D eigenvalue weighted by Crippen LogP contribution is -2.43. The van der Waals surface area contributed by atoms with Gasteiger partial charge in [0.05, 0.1) is 19.0 Å². The summed E-state index contributed by atoms with van der Waals surface area (Å²) in [5.41, 5.74) is 0.561. The van der Waals surface area contributed by atoms with E-state index < -0.39 is 10.0 Å². The molecule has 122 valence electrons. The summed E-state index contributed by atoms with van der Waals surface area (Å²) in [6.45, 7) is 3.43. The molecule has 0 saturated carbocycles. The van der Waals surface area contributed by atoms with Gasteiger partial charge in [-0.05, 0) is 24.4 Å². The molecule has 0 bridgehead atoms. The van der Waals surface area contributed by atoms with Crippen LogP contribution in [0.2, 0.25) is 0 Å². The van der Waals surface area contributed by atoms with E-state index in [0.29, 0.717) is 31.9 Å². The molecule has 1 aliphatic rings. The molecular formula is C14H20N2O4S2. The molecule has 1 aromatic heterocycles. The zero-order chi connectivity index (χ0) is 16.0. The van der Waals surface area contributed by atoms with Gasteiger partial charge in [0.2, 0.25) is 15.9 Å². The monoisotopic (exact) mass is 344 g/mol. The minimum Gasteiger partial charge on any atom is -0.379 e. The Labute approximate surface area is 134 Å². The van der Waals surface area contributed by atoms with E-state index in [2.05, 4.69) is 5.32 Å².